The first-order chi connectivity index (χ1) is 11.3. The van der Waals surface area contributed by atoms with Crippen LogP contribution in [-0.4, -0.2) is 25.7 Å². The average molecular weight is 308 g/mol. The van der Waals surface area contributed by atoms with Crippen LogP contribution in [0, 0.1) is 0 Å². The summed E-state index contributed by atoms with van der Waals surface area (Å²) < 4.78 is 5.61. The number of methoxy groups -OCH3 is 1. The van der Waals surface area contributed by atoms with Gasteiger partial charge in [-0.1, -0.05) is 36.4 Å². The maximum absolute atomic E-state index is 5.61. The number of H-pyrrole nitrogens is 1. The van der Waals surface area contributed by atoms with Crippen molar-refractivity contribution in [3.05, 3.63) is 65.9 Å². The molecule has 3 nitrogen and oxygen atoms in total. The molecule has 0 aliphatic rings. The molecule has 0 bridgehead atoms. The molecule has 0 saturated heterocycles. The molecule has 3 rings (SSSR count). The summed E-state index contributed by atoms with van der Waals surface area (Å²) in [4.78, 5) is 3.41. The molecular formula is C20H24N2O. The van der Waals surface area contributed by atoms with Gasteiger partial charge in [0, 0.05) is 23.0 Å². The minimum atomic E-state index is 0.370. The molecule has 0 aliphatic carbocycles. The Bertz CT molecular complexity index is 749. The normalized spacial score (nSPS) is 12.4. The van der Waals surface area contributed by atoms with Gasteiger partial charge in [0.2, 0.25) is 0 Å². The van der Waals surface area contributed by atoms with Gasteiger partial charge in [-0.3, -0.25) is 0 Å². The van der Waals surface area contributed by atoms with E-state index in [1.165, 1.54) is 16.5 Å². The molecule has 1 aromatic heterocycles. The lowest BCUT2D eigenvalue weighted by Crippen LogP contribution is -2.10. The van der Waals surface area contributed by atoms with Gasteiger partial charge >= 0.3 is 0 Å². The van der Waals surface area contributed by atoms with Gasteiger partial charge in [0.15, 0.2) is 0 Å². The molecule has 0 spiro atoms. The summed E-state index contributed by atoms with van der Waals surface area (Å²) in [6.07, 6.45) is 4.39. The molecule has 0 amide bonds. The Morgan fingerprint density at radius 1 is 1.09 bits per heavy atom. The Morgan fingerprint density at radius 2 is 1.91 bits per heavy atom. The molecule has 1 unspecified atom stereocenters. The van der Waals surface area contributed by atoms with Crippen molar-refractivity contribution >= 4 is 10.9 Å². The zero-order chi connectivity index (χ0) is 16.1. The summed E-state index contributed by atoms with van der Waals surface area (Å²) in [5.41, 5.74) is 3.81. The van der Waals surface area contributed by atoms with Gasteiger partial charge in [-0.2, -0.15) is 0 Å². The van der Waals surface area contributed by atoms with Crippen LogP contribution in [0.15, 0.2) is 54.7 Å². The van der Waals surface area contributed by atoms with Crippen LogP contribution < -0.4 is 10.1 Å². The van der Waals surface area contributed by atoms with Gasteiger partial charge in [0.25, 0.3) is 0 Å². The molecule has 2 N–H and O–H groups in total. The third-order valence-corrected chi connectivity index (χ3v) is 4.41. The molecule has 120 valence electrons. The van der Waals surface area contributed by atoms with E-state index < -0.39 is 0 Å². The second-order valence-electron chi connectivity index (χ2n) is 5.84. The number of hydrogen-bond donors (Lipinski definition) is 2. The number of nitrogens with one attached hydrogen (secondary N) is 2. The summed E-state index contributed by atoms with van der Waals surface area (Å²) in [5, 5.41) is 4.45. The maximum atomic E-state index is 5.61. The monoisotopic (exact) mass is 308 g/mol. The zero-order valence-electron chi connectivity index (χ0n) is 13.8. The third kappa shape index (κ3) is 3.25. The van der Waals surface area contributed by atoms with Crippen LogP contribution >= 0.6 is 0 Å². The van der Waals surface area contributed by atoms with Crippen molar-refractivity contribution in [2.24, 2.45) is 0 Å². The number of hydrogen-bond acceptors (Lipinski definition) is 2. The molecule has 0 saturated carbocycles. The molecular weight excluding hydrogens is 284 g/mol. The van der Waals surface area contributed by atoms with Gasteiger partial charge in [0.1, 0.15) is 5.75 Å². The number of fused-ring (bicyclic) bond motifs is 1. The number of ether oxygens (including phenoxy) is 1. The first kappa shape index (κ1) is 15.6. The fourth-order valence-corrected chi connectivity index (χ4v) is 3.29. The quantitative estimate of drug-likeness (QED) is 0.638. The second-order valence-corrected chi connectivity index (χ2v) is 5.84. The lowest BCUT2D eigenvalue weighted by atomic mass is 9.87. The van der Waals surface area contributed by atoms with E-state index in [-0.39, 0.29) is 0 Å². The summed E-state index contributed by atoms with van der Waals surface area (Å²) in [5.74, 6) is 1.31. The zero-order valence-corrected chi connectivity index (χ0v) is 13.8. The van der Waals surface area contributed by atoms with Crippen molar-refractivity contribution in [1.29, 1.82) is 0 Å². The second kappa shape index (κ2) is 7.34. The van der Waals surface area contributed by atoms with E-state index in [1.54, 1.807) is 7.11 Å². The van der Waals surface area contributed by atoms with E-state index in [1.807, 2.05) is 19.2 Å². The molecule has 0 fully saturated rings. The highest BCUT2D eigenvalue weighted by atomic mass is 16.5. The van der Waals surface area contributed by atoms with Crippen LogP contribution in [0.2, 0.25) is 0 Å². The minimum Gasteiger partial charge on any atom is -0.496 e. The lowest BCUT2D eigenvalue weighted by Gasteiger charge is -2.18. The molecule has 0 radical (unpaired) electrons. The van der Waals surface area contributed by atoms with Crippen molar-refractivity contribution in [2.45, 2.75) is 18.8 Å². The van der Waals surface area contributed by atoms with Crippen molar-refractivity contribution < 1.29 is 4.74 Å². The number of aromatic amines is 1. The van der Waals surface area contributed by atoms with E-state index in [2.05, 4.69) is 52.9 Å². The van der Waals surface area contributed by atoms with Crippen LogP contribution in [0.4, 0.5) is 0 Å². The molecule has 2 aromatic carbocycles. The van der Waals surface area contributed by atoms with Crippen LogP contribution in [0.25, 0.3) is 10.9 Å². The minimum absolute atomic E-state index is 0.370. The first-order valence-electron chi connectivity index (χ1n) is 8.18. The van der Waals surface area contributed by atoms with E-state index in [0.717, 1.165) is 30.7 Å². The fourth-order valence-electron chi connectivity index (χ4n) is 3.29. The van der Waals surface area contributed by atoms with Crippen LogP contribution in [0.1, 0.15) is 29.9 Å². The van der Waals surface area contributed by atoms with Crippen LogP contribution in [-0.2, 0) is 0 Å². The van der Waals surface area contributed by atoms with Crippen LogP contribution in [0.3, 0.4) is 0 Å². The highest BCUT2D eigenvalue weighted by Crippen LogP contribution is 2.38. The van der Waals surface area contributed by atoms with E-state index >= 15 is 0 Å². The molecule has 3 aromatic rings. The van der Waals surface area contributed by atoms with E-state index in [4.69, 9.17) is 4.74 Å². The Hall–Kier alpha value is -2.26. The van der Waals surface area contributed by atoms with Gasteiger partial charge in [-0.15, -0.1) is 0 Å². The van der Waals surface area contributed by atoms with Crippen molar-refractivity contribution in [2.75, 3.05) is 20.7 Å². The highest BCUT2D eigenvalue weighted by Gasteiger charge is 2.19. The smallest absolute Gasteiger partial charge is 0.128 e. The number of aromatic nitrogens is 1. The van der Waals surface area contributed by atoms with E-state index in [9.17, 15) is 0 Å². The Balaban J connectivity index is 2.06. The predicted molar refractivity (Wildman–Crippen MR) is 96.3 cm³/mol. The largest absolute Gasteiger partial charge is 0.496 e. The molecule has 0 aliphatic heterocycles. The predicted octanol–water partition coefficient (Wildman–Crippen LogP) is 4.31. The van der Waals surface area contributed by atoms with Gasteiger partial charge in [0.05, 0.1) is 7.11 Å². The van der Waals surface area contributed by atoms with Crippen molar-refractivity contribution in [3.8, 4) is 5.75 Å². The van der Waals surface area contributed by atoms with Crippen LogP contribution in [0.5, 0.6) is 5.75 Å². The number of rotatable bonds is 7. The first-order valence-corrected chi connectivity index (χ1v) is 8.18. The van der Waals surface area contributed by atoms with E-state index in [0.29, 0.717) is 5.92 Å². The number of benzene rings is 2. The summed E-state index contributed by atoms with van der Waals surface area (Å²) in [7, 11) is 3.75. The molecule has 1 atom stereocenters. The third-order valence-electron chi connectivity index (χ3n) is 4.41. The highest BCUT2D eigenvalue weighted by molar-refractivity contribution is 5.90. The SMILES string of the molecule is CNCCCC(c1ccccc1)c1c[nH]c2cccc(OC)c12. The standard InChI is InChI=1S/C20H24N2O/c1-21-13-7-10-16(15-8-4-3-5-9-15)17-14-22-18-11-6-12-19(23-2)20(17)18/h3-6,8-9,11-12,14,16,21-22H,7,10,13H2,1-2H3. The maximum Gasteiger partial charge on any atom is 0.128 e. The fraction of sp³-hybridized carbons (Fsp3) is 0.300. The molecule has 1 heterocycles. The van der Waals surface area contributed by atoms with Crippen molar-refractivity contribution in [1.82, 2.24) is 10.3 Å². The Labute approximate surface area is 137 Å². The van der Waals surface area contributed by atoms with Crippen molar-refractivity contribution in [3.63, 3.8) is 0 Å². The van der Waals surface area contributed by atoms with Gasteiger partial charge in [-0.25, -0.2) is 0 Å². The Morgan fingerprint density at radius 3 is 2.65 bits per heavy atom. The molecule has 23 heavy (non-hydrogen) atoms. The Kier molecular flexibility index (Phi) is 4.99. The summed E-state index contributed by atoms with van der Waals surface area (Å²) in [6.45, 7) is 1.03. The summed E-state index contributed by atoms with van der Waals surface area (Å²) >= 11 is 0. The lowest BCUT2D eigenvalue weighted by molar-refractivity contribution is 0.419. The summed E-state index contributed by atoms with van der Waals surface area (Å²) in [6, 6.07) is 16.9. The topological polar surface area (TPSA) is 37.0 Å². The molecule has 3 heteroatoms. The van der Waals surface area contributed by atoms with Gasteiger partial charge < -0.3 is 15.0 Å². The average Bonchev–Trinajstić information content (AvgIpc) is 3.03. The van der Waals surface area contributed by atoms with Gasteiger partial charge in [-0.05, 0) is 49.7 Å².